The van der Waals surface area contributed by atoms with Crippen molar-refractivity contribution in [2.75, 3.05) is 37.0 Å². The summed E-state index contributed by atoms with van der Waals surface area (Å²) in [5, 5.41) is 6.75. The summed E-state index contributed by atoms with van der Waals surface area (Å²) >= 11 is 5.30. The Morgan fingerprint density at radius 2 is 2.26 bits per heavy atom. The third kappa shape index (κ3) is 5.49. The zero-order chi connectivity index (χ0) is 16.8. The van der Waals surface area contributed by atoms with Crippen LogP contribution < -0.4 is 20.3 Å². The van der Waals surface area contributed by atoms with Gasteiger partial charge >= 0.3 is 0 Å². The van der Waals surface area contributed by atoms with Gasteiger partial charge in [-0.05, 0) is 36.9 Å². The minimum atomic E-state index is 0.471. The molecule has 0 bridgehead atoms. The van der Waals surface area contributed by atoms with E-state index in [1.54, 1.807) is 7.11 Å². The van der Waals surface area contributed by atoms with E-state index in [9.17, 15) is 0 Å². The molecule has 0 unspecified atom stereocenters. The number of rotatable bonds is 5. The Balaban J connectivity index is 2.10. The van der Waals surface area contributed by atoms with Gasteiger partial charge in [0, 0.05) is 25.7 Å². The van der Waals surface area contributed by atoms with Gasteiger partial charge in [-0.1, -0.05) is 20.8 Å². The second-order valence-electron chi connectivity index (χ2n) is 6.51. The number of hydrogen-bond acceptors (Lipinski definition) is 5. The molecule has 0 spiro atoms. The number of thiocarbonyl (C=S) groups is 1. The molecule has 1 atom stereocenters. The molecule has 0 saturated carbocycles. The van der Waals surface area contributed by atoms with Crippen LogP contribution in [0.4, 0.5) is 11.8 Å². The van der Waals surface area contributed by atoms with Crippen LogP contribution in [0.15, 0.2) is 6.07 Å². The molecular weight excluding hydrogens is 310 g/mol. The Hall–Kier alpha value is -1.63. The average molecular weight is 337 g/mol. The lowest BCUT2D eigenvalue weighted by molar-refractivity contribution is 0.396. The monoisotopic (exact) mass is 337 g/mol. The number of nitrogens with one attached hydrogen (secondary N) is 2. The van der Waals surface area contributed by atoms with Gasteiger partial charge in [-0.25, -0.2) is 0 Å². The standard InChI is InChI=1S/C16H27N5OS/c1-11(2)9-17-16(23)20-15-18-13(8-14(19-15)22-4)21-7-5-6-12(3)10-21/h8,11-12H,5-7,9-10H2,1-4H3,(H2,17,18,19,20,23)/t12-/m1/s1. The van der Waals surface area contributed by atoms with Crippen molar-refractivity contribution in [2.45, 2.75) is 33.6 Å². The second kappa shape index (κ2) is 8.29. The molecule has 2 N–H and O–H groups in total. The molecule has 6 nitrogen and oxygen atoms in total. The summed E-state index contributed by atoms with van der Waals surface area (Å²) in [7, 11) is 1.62. The first-order valence-corrected chi connectivity index (χ1v) is 8.61. The van der Waals surface area contributed by atoms with Crippen molar-refractivity contribution < 1.29 is 4.74 Å². The van der Waals surface area contributed by atoms with Crippen LogP contribution in [-0.2, 0) is 0 Å². The van der Waals surface area contributed by atoms with Crippen LogP contribution >= 0.6 is 12.2 Å². The molecule has 1 aromatic rings. The van der Waals surface area contributed by atoms with Gasteiger partial charge < -0.3 is 20.3 Å². The summed E-state index contributed by atoms with van der Waals surface area (Å²) in [5.74, 6) is 3.10. The van der Waals surface area contributed by atoms with Gasteiger partial charge in [-0.3, -0.25) is 0 Å². The molecule has 1 fully saturated rings. The van der Waals surface area contributed by atoms with Crippen molar-refractivity contribution >= 4 is 29.1 Å². The van der Waals surface area contributed by atoms with Gasteiger partial charge in [0.05, 0.1) is 7.11 Å². The normalized spacial score (nSPS) is 18.0. The minimum absolute atomic E-state index is 0.471. The van der Waals surface area contributed by atoms with E-state index in [2.05, 4.69) is 46.3 Å². The van der Waals surface area contributed by atoms with Gasteiger partial charge in [0.2, 0.25) is 11.8 Å². The van der Waals surface area contributed by atoms with Crippen LogP contribution in [0.25, 0.3) is 0 Å². The summed E-state index contributed by atoms with van der Waals surface area (Å²) in [6.07, 6.45) is 2.46. The van der Waals surface area contributed by atoms with Crippen molar-refractivity contribution in [1.29, 1.82) is 0 Å². The predicted octanol–water partition coefficient (Wildman–Crippen LogP) is 2.66. The summed E-state index contributed by atoms with van der Waals surface area (Å²) in [6, 6.07) is 1.88. The molecule has 2 rings (SSSR count). The molecule has 128 valence electrons. The van der Waals surface area contributed by atoms with Crippen molar-refractivity contribution in [2.24, 2.45) is 11.8 Å². The number of nitrogens with zero attached hydrogens (tertiary/aromatic N) is 3. The molecule has 7 heteroatoms. The van der Waals surface area contributed by atoms with Crippen LogP contribution in [0.1, 0.15) is 33.6 Å². The van der Waals surface area contributed by atoms with Crippen molar-refractivity contribution in [1.82, 2.24) is 15.3 Å². The first-order chi connectivity index (χ1) is 11.0. The number of piperidine rings is 1. The van der Waals surface area contributed by atoms with Gasteiger partial charge in [0.25, 0.3) is 0 Å². The Morgan fingerprint density at radius 1 is 1.48 bits per heavy atom. The van der Waals surface area contributed by atoms with Crippen LogP contribution in [0.2, 0.25) is 0 Å². The first-order valence-electron chi connectivity index (χ1n) is 8.20. The Morgan fingerprint density at radius 3 is 2.91 bits per heavy atom. The highest BCUT2D eigenvalue weighted by molar-refractivity contribution is 7.80. The molecule has 0 aliphatic carbocycles. The Kier molecular flexibility index (Phi) is 6.38. The third-order valence-electron chi connectivity index (χ3n) is 3.78. The quantitative estimate of drug-likeness (QED) is 0.801. The molecule has 1 aliphatic rings. The van der Waals surface area contributed by atoms with E-state index in [0.29, 0.717) is 28.8 Å². The third-order valence-corrected chi connectivity index (χ3v) is 4.02. The Labute approximate surface area is 144 Å². The summed E-state index contributed by atoms with van der Waals surface area (Å²) in [6.45, 7) is 9.37. The lowest BCUT2D eigenvalue weighted by atomic mass is 10.0. The maximum Gasteiger partial charge on any atom is 0.234 e. The van der Waals surface area contributed by atoms with E-state index in [0.717, 1.165) is 25.5 Å². The highest BCUT2D eigenvalue weighted by Crippen LogP contribution is 2.24. The smallest absolute Gasteiger partial charge is 0.234 e. The number of ether oxygens (including phenoxy) is 1. The van der Waals surface area contributed by atoms with Crippen molar-refractivity contribution in [3.8, 4) is 5.88 Å². The van der Waals surface area contributed by atoms with Gasteiger partial charge in [-0.2, -0.15) is 9.97 Å². The van der Waals surface area contributed by atoms with Crippen LogP contribution in [-0.4, -0.2) is 41.8 Å². The molecule has 1 saturated heterocycles. The largest absolute Gasteiger partial charge is 0.481 e. The summed E-state index contributed by atoms with van der Waals surface area (Å²) in [4.78, 5) is 11.2. The van der Waals surface area contributed by atoms with E-state index >= 15 is 0 Å². The molecule has 23 heavy (non-hydrogen) atoms. The number of anilines is 2. The lowest BCUT2D eigenvalue weighted by Gasteiger charge is -2.32. The minimum Gasteiger partial charge on any atom is -0.481 e. The SMILES string of the molecule is COc1cc(N2CCC[C@@H](C)C2)nc(NC(=S)NCC(C)C)n1. The molecule has 0 aromatic carbocycles. The molecule has 0 amide bonds. The van der Waals surface area contributed by atoms with E-state index in [1.807, 2.05) is 6.07 Å². The second-order valence-corrected chi connectivity index (χ2v) is 6.92. The summed E-state index contributed by atoms with van der Waals surface area (Å²) < 4.78 is 5.31. The van der Waals surface area contributed by atoms with E-state index in [1.165, 1.54) is 12.8 Å². The van der Waals surface area contributed by atoms with E-state index in [4.69, 9.17) is 17.0 Å². The Bertz CT molecular complexity index is 537. The van der Waals surface area contributed by atoms with Crippen LogP contribution in [0.3, 0.4) is 0 Å². The maximum atomic E-state index is 5.31. The van der Waals surface area contributed by atoms with E-state index in [-0.39, 0.29) is 0 Å². The van der Waals surface area contributed by atoms with Gasteiger partial charge in [-0.15, -0.1) is 0 Å². The highest BCUT2D eigenvalue weighted by Gasteiger charge is 2.19. The fourth-order valence-electron chi connectivity index (χ4n) is 2.58. The molecule has 1 aromatic heterocycles. The zero-order valence-electron chi connectivity index (χ0n) is 14.4. The molecule has 1 aliphatic heterocycles. The lowest BCUT2D eigenvalue weighted by Crippen LogP contribution is -2.35. The number of methoxy groups -OCH3 is 1. The number of aromatic nitrogens is 2. The topological polar surface area (TPSA) is 62.3 Å². The number of hydrogen-bond donors (Lipinski definition) is 2. The van der Waals surface area contributed by atoms with Crippen molar-refractivity contribution in [3.63, 3.8) is 0 Å². The van der Waals surface area contributed by atoms with Gasteiger partial charge in [0.1, 0.15) is 5.82 Å². The van der Waals surface area contributed by atoms with Crippen LogP contribution in [0.5, 0.6) is 5.88 Å². The fraction of sp³-hybridized carbons (Fsp3) is 0.688. The molecule has 0 radical (unpaired) electrons. The average Bonchev–Trinajstić information content (AvgIpc) is 2.52. The maximum absolute atomic E-state index is 5.31. The van der Waals surface area contributed by atoms with E-state index < -0.39 is 0 Å². The first kappa shape index (κ1) is 17.7. The summed E-state index contributed by atoms with van der Waals surface area (Å²) in [5.41, 5.74) is 0. The van der Waals surface area contributed by atoms with Gasteiger partial charge in [0.15, 0.2) is 5.11 Å². The molecule has 2 heterocycles. The van der Waals surface area contributed by atoms with Crippen LogP contribution in [0, 0.1) is 11.8 Å². The van der Waals surface area contributed by atoms with Crippen molar-refractivity contribution in [3.05, 3.63) is 6.07 Å². The highest BCUT2D eigenvalue weighted by atomic mass is 32.1. The molecular formula is C16H27N5OS. The fourth-order valence-corrected chi connectivity index (χ4v) is 2.75. The zero-order valence-corrected chi connectivity index (χ0v) is 15.2. The predicted molar refractivity (Wildman–Crippen MR) is 98.3 cm³/mol.